The van der Waals surface area contributed by atoms with Crippen LogP contribution < -0.4 is 26.6 Å². The summed E-state index contributed by atoms with van der Waals surface area (Å²) in [6.07, 6.45) is 3.39. The van der Waals surface area contributed by atoms with Gasteiger partial charge in [0.05, 0.1) is 14.7 Å². The molecule has 0 aromatic heterocycles. The van der Waals surface area contributed by atoms with E-state index in [9.17, 15) is 32.2 Å². The number of fused-ring (bicyclic) bond motifs is 3. The number of nitrogens with zero attached hydrogens (tertiary/aromatic N) is 5. The maximum absolute atomic E-state index is 13.1. The molecule has 1 aliphatic carbocycles. The summed E-state index contributed by atoms with van der Waals surface area (Å²) in [7, 11) is -7.40. The number of rotatable bonds is 9. The largest absolute Gasteiger partial charge is 0.410 e. The van der Waals surface area contributed by atoms with Crippen molar-refractivity contribution in [1.82, 2.24) is 19.2 Å². The second-order valence-corrected chi connectivity index (χ2v) is 16.8. The lowest BCUT2D eigenvalue weighted by Crippen LogP contribution is -2.46. The minimum atomic E-state index is -3.70. The van der Waals surface area contributed by atoms with Crippen LogP contribution >= 0.6 is 0 Å². The van der Waals surface area contributed by atoms with Gasteiger partial charge in [0.25, 0.3) is 5.69 Å². The van der Waals surface area contributed by atoms with Gasteiger partial charge in [0, 0.05) is 101 Å². The molecule has 18 heteroatoms. The van der Waals surface area contributed by atoms with E-state index in [2.05, 4.69) is 26.0 Å². The topological polar surface area (TPSA) is 216 Å². The number of nitrogens with two attached hydrogens (primary N) is 1. The first kappa shape index (κ1) is 37.6. The van der Waals surface area contributed by atoms with Gasteiger partial charge in [-0.1, -0.05) is 17.3 Å². The molecule has 280 valence electrons. The van der Waals surface area contributed by atoms with Gasteiger partial charge in [-0.25, -0.2) is 16.8 Å². The van der Waals surface area contributed by atoms with E-state index in [0.29, 0.717) is 93.4 Å². The molecule has 0 radical (unpaired) electrons. The van der Waals surface area contributed by atoms with Crippen LogP contribution in [0.25, 0.3) is 11.1 Å². The first-order valence-electron chi connectivity index (χ1n) is 17.5. The van der Waals surface area contributed by atoms with Crippen molar-refractivity contribution in [2.24, 2.45) is 10.9 Å². The van der Waals surface area contributed by atoms with E-state index in [1.54, 1.807) is 36.4 Å². The van der Waals surface area contributed by atoms with E-state index in [-0.39, 0.29) is 26.1 Å². The molecule has 4 aliphatic rings. The molecule has 3 aromatic rings. The Morgan fingerprint density at radius 2 is 1.27 bits per heavy atom. The summed E-state index contributed by atoms with van der Waals surface area (Å²) in [4.78, 5) is 13.2. The zero-order valence-corrected chi connectivity index (χ0v) is 30.5. The maximum Gasteiger partial charge on any atom is 0.292 e. The zero-order chi connectivity index (χ0) is 36.9. The number of hydrogen-bond acceptors (Lipinski definition) is 13. The van der Waals surface area contributed by atoms with E-state index in [1.807, 2.05) is 6.07 Å². The Balaban J connectivity index is 0.000000208. The van der Waals surface area contributed by atoms with E-state index in [1.165, 1.54) is 27.2 Å². The average Bonchev–Trinajstić information content (AvgIpc) is 3.50. The highest BCUT2D eigenvalue weighted by Crippen LogP contribution is 2.40. The molecule has 0 bridgehead atoms. The number of sulfonamides is 2. The molecule has 52 heavy (non-hydrogen) atoms. The summed E-state index contributed by atoms with van der Waals surface area (Å²) in [6.45, 7) is 6.86. The fourth-order valence-electron chi connectivity index (χ4n) is 6.94. The Labute approximate surface area is 303 Å². The number of piperidine rings is 1. The summed E-state index contributed by atoms with van der Waals surface area (Å²) in [5, 5.41) is 33.8. The van der Waals surface area contributed by atoms with Gasteiger partial charge in [0.15, 0.2) is 0 Å². The lowest BCUT2D eigenvalue weighted by molar-refractivity contribution is -0.384. The lowest BCUT2D eigenvalue weighted by Gasteiger charge is -2.28. The summed E-state index contributed by atoms with van der Waals surface area (Å²) in [6, 6.07) is 14.6. The summed E-state index contributed by atoms with van der Waals surface area (Å²) in [5.41, 5.74) is 9.71. The van der Waals surface area contributed by atoms with E-state index < -0.39 is 20.0 Å². The number of hydrogen-bond donors (Lipinski definition) is 5. The molecule has 3 aromatic carbocycles. The SMILES string of the molecule is NCCNc1ccc([N+](=O)[O-])c(N2CCCCC2)c1.O=S(=O)(c1ccc2c(c1)C(=NO)c1cc(S(=O)(=O)N3CCNCC3)ccc1-2)N1CCNCC1. The standard InChI is InChI=1S/C21H25N5O5S2.C13H20N4O2/c27-24-21-19-13-15(32(28,29)25-9-5-22-6-10-25)1-3-17(19)18-4-2-16(14-20(18)21)33(30,31)26-11-7-23-8-12-26;14-6-7-15-11-4-5-12(17(18)19)13(10-11)16-8-2-1-3-9-16/h1-4,13-14,22-23,27H,5-12H2;4-5,10,15H,1-3,6-9,14H2. The lowest BCUT2D eigenvalue weighted by atomic mass is 10.1. The molecule has 6 N–H and O–H groups in total. The summed E-state index contributed by atoms with van der Waals surface area (Å²) >= 11 is 0. The number of nitro benzene ring substituents is 1. The van der Waals surface area contributed by atoms with Crippen LogP contribution in [0.5, 0.6) is 0 Å². The Morgan fingerprint density at radius 1 is 0.750 bits per heavy atom. The van der Waals surface area contributed by atoms with Crippen LogP contribution in [-0.4, -0.2) is 120 Å². The van der Waals surface area contributed by atoms with Gasteiger partial charge >= 0.3 is 0 Å². The molecule has 16 nitrogen and oxygen atoms in total. The van der Waals surface area contributed by atoms with Crippen molar-refractivity contribution in [3.8, 4) is 11.1 Å². The van der Waals surface area contributed by atoms with E-state index in [4.69, 9.17) is 5.73 Å². The van der Waals surface area contributed by atoms with Crippen molar-refractivity contribution in [3.63, 3.8) is 0 Å². The molecule has 3 fully saturated rings. The van der Waals surface area contributed by atoms with E-state index >= 15 is 0 Å². The Bertz CT molecular complexity index is 1930. The van der Waals surface area contributed by atoms with Gasteiger partial charge < -0.3 is 31.8 Å². The Hall–Kier alpha value is -4.17. The quantitative estimate of drug-likeness (QED) is 0.0943. The van der Waals surface area contributed by atoms with Crippen LogP contribution in [0.15, 0.2) is 69.5 Å². The Morgan fingerprint density at radius 3 is 1.73 bits per heavy atom. The van der Waals surface area contributed by atoms with Crippen molar-refractivity contribution in [3.05, 3.63) is 75.8 Å². The number of piperazine rings is 2. The monoisotopic (exact) mass is 755 g/mol. The second-order valence-electron chi connectivity index (χ2n) is 12.9. The third-order valence-electron chi connectivity index (χ3n) is 9.65. The molecule has 0 unspecified atom stereocenters. The fourth-order valence-corrected chi connectivity index (χ4v) is 9.88. The van der Waals surface area contributed by atoms with Crippen LogP contribution in [0, 0.1) is 10.1 Å². The number of nitro groups is 1. The van der Waals surface area contributed by atoms with Crippen LogP contribution in [0.1, 0.15) is 30.4 Å². The Kier molecular flexibility index (Phi) is 11.7. The van der Waals surface area contributed by atoms with Gasteiger partial charge in [-0.2, -0.15) is 8.61 Å². The molecule has 3 heterocycles. The van der Waals surface area contributed by atoms with Crippen molar-refractivity contribution >= 4 is 42.8 Å². The highest BCUT2D eigenvalue weighted by molar-refractivity contribution is 7.89. The number of nitrogens with one attached hydrogen (secondary N) is 3. The first-order valence-corrected chi connectivity index (χ1v) is 20.3. The van der Waals surface area contributed by atoms with Crippen LogP contribution in [0.2, 0.25) is 0 Å². The minimum Gasteiger partial charge on any atom is -0.410 e. The molecule has 0 saturated carbocycles. The molecular formula is C34H45N9O7S2. The molecule has 3 saturated heterocycles. The first-order chi connectivity index (χ1) is 25.1. The highest BCUT2D eigenvalue weighted by atomic mass is 32.2. The number of benzene rings is 3. The third kappa shape index (κ3) is 7.78. The molecule has 7 rings (SSSR count). The number of anilines is 2. The van der Waals surface area contributed by atoms with Gasteiger partial charge in [0.2, 0.25) is 20.0 Å². The maximum atomic E-state index is 13.1. The minimum absolute atomic E-state index is 0.116. The second kappa shape index (κ2) is 16.2. The van der Waals surface area contributed by atoms with E-state index in [0.717, 1.165) is 31.6 Å². The van der Waals surface area contributed by atoms with Gasteiger partial charge in [-0.3, -0.25) is 10.1 Å². The normalized spacial score (nSPS) is 18.2. The molecular weight excluding hydrogens is 711 g/mol. The van der Waals surface area contributed by atoms with Crippen molar-refractivity contribution in [2.75, 3.05) is 88.8 Å². The highest BCUT2D eigenvalue weighted by Gasteiger charge is 2.33. The smallest absolute Gasteiger partial charge is 0.292 e. The van der Waals surface area contributed by atoms with Crippen molar-refractivity contribution < 1.29 is 27.0 Å². The molecule has 0 atom stereocenters. The van der Waals surface area contributed by atoms with Gasteiger partial charge in [0.1, 0.15) is 11.4 Å². The third-order valence-corrected chi connectivity index (χ3v) is 13.4. The van der Waals surface area contributed by atoms with Crippen LogP contribution in [0.4, 0.5) is 17.1 Å². The van der Waals surface area contributed by atoms with Gasteiger partial charge in [-0.05, 0) is 66.8 Å². The molecule has 0 spiro atoms. The zero-order valence-electron chi connectivity index (χ0n) is 28.8. The summed E-state index contributed by atoms with van der Waals surface area (Å²) < 4.78 is 55.3. The van der Waals surface area contributed by atoms with Gasteiger partial charge in [-0.15, -0.1) is 0 Å². The van der Waals surface area contributed by atoms with Crippen LogP contribution in [-0.2, 0) is 20.0 Å². The molecule has 3 aliphatic heterocycles. The average molecular weight is 756 g/mol. The molecule has 0 amide bonds. The van der Waals surface area contributed by atoms with Crippen molar-refractivity contribution in [2.45, 2.75) is 29.1 Å². The summed E-state index contributed by atoms with van der Waals surface area (Å²) in [5.74, 6) is 0. The number of oxime groups is 1. The predicted molar refractivity (Wildman–Crippen MR) is 199 cm³/mol. The predicted octanol–water partition coefficient (Wildman–Crippen LogP) is 2.04. The fraction of sp³-hybridized carbons (Fsp3) is 0.441. The van der Waals surface area contributed by atoms with Crippen LogP contribution in [0.3, 0.4) is 0 Å². The van der Waals surface area contributed by atoms with Crippen molar-refractivity contribution in [1.29, 1.82) is 0 Å².